The van der Waals surface area contributed by atoms with Crippen molar-refractivity contribution in [3.05, 3.63) is 0 Å². The van der Waals surface area contributed by atoms with Crippen LogP contribution in [0.2, 0.25) is 0 Å². The third-order valence-electron chi connectivity index (χ3n) is 5.28. The van der Waals surface area contributed by atoms with Crippen molar-refractivity contribution in [2.75, 3.05) is 13.2 Å². The summed E-state index contributed by atoms with van der Waals surface area (Å²) in [4.78, 5) is 0. The lowest BCUT2D eigenvalue weighted by atomic mass is 10.1. The van der Waals surface area contributed by atoms with E-state index < -0.39 is 0 Å². The number of ether oxygens (including phenoxy) is 1. The Hall–Kier alpha value is -0.0400. The quantitative estimate of drug-likeness (QED) is 0.176. The Morgan fingerprint density at radius 2 is 0.560 bits per heavy atom. The third-order valence-corrected chi connectivity index (χ3v) is 5.28. The Balaban J connectivity index is 2.94. The van der Waals surface area contributed by atoms with Gasteiger partial charge in [-0.3, -0.25) is 0 Å². The molecule has 0 aliphatic rings. The van der Waals surface area contributed by atoms with Gasteiger partial charge < -0.3 is 4.74 Å². The second-order valence-corrected chi connectivity index (χ2v) is 7.98. The van der Waals surface area contributed by atoms with Crippen LogP contribution in [0.1, 0.15) is 142 Å². The molecular weight excluding hydrogens is 304 g/mol. The topological polar surface area (TPSA) is 9.23 Å². The lowest BCUT2D eigenvalue weighted by Gasteiger charge is -2.05. The van der Waals surface area contributed by atoms with E-state index in [9.17, 15) is 0 Å². The Labute approximate surface area is 160 Å². The van der Waals surface area contributed by atoms with Gasteiger partial charge in [0.1, 0.15) is 0 Å². The van der Waals surface area contributed by atoms with E-state index in [4.69, 9.17) is 4.74 Å². The van der Waals surface area contributed by atoms with Crippen LogP contribution in [0.5, 0.6) is 0 Å². The Kier molecular flexibility index (Phi) is 23.9. The summed E-state index contributed by atoms with van der Waals surface area (Å²) in [6, 6.07) is 0. The van der Waals surface area contributed by atoms with Crippen molar-refractivity contribution in [1.29, 1.82) is 0 Å². The first-order valence-electron chi connectivity index (χ1n) is 12.0. The largest absolute Gasteiger partial charge is 0.381 e. The van der Waals surface area contributed by atoms with Gasteiger partial charge in [-0.05, 0) is 12.8 Å². The fourth-order valence-electron chi connectivity index (χ4n) is 3.49. The van der Waals surface area contributed by atoms with Crippen LogP contribution in [0.15, 0.2) is 0 Å². The Morgan fingerprint density at radius 1 is 0.320 bits per heavy atom. The molecule has 1 nitrogen and oxygen atoms in total. The van der Waals surface area contributed by atoms with Crippen molar-refractivity contribution < 1.29 is 4.74 Å². The van der Waals surface area contributed by atoms with Crippen molar-refractivity contribution in [3.63, 3.8) is 0 Å². The molecule has 0 N–H and O–H groups in total. The predicted octanol–water partition coefficient (Wildman–Crippen LogP) is 8.84. The van der Waals surface area contributed by atoms with Crippen molar-refractivity contribution in [1.82, 2.24) is 0 Å². The van der Waals surface area contributed by atoms with Gasteiger partial charge in [-0.15, -0.1) is 0 Å². The van der Waals surface area contributed by atoms with Gasteiger partial charge in [-0.2, -0.15) is 0 Å². The van der Waals surface area contributed by atoms with Crippen molar-refractivity contribution in [2.24, 2.45) is 0 Å². The fourth-order valence-corrected chi connectivity index (χ4v) is 3.49. The molecule has 0 atom stereocenters. The highest BCUT2D eigenvalue weighted by molar-refractivity contribution is 4.49. The van der Waals surface area contributed by atoms with Crippen LogP contribution in [0.25, 0.3) is 0 Å². The monoisotopic (exact) mass is 354 g/mol. The summed E-state index contributed by atoms with van der Waals surface area (Å²) in [6.45, 7) is 6.57. The van der Waals surface area contributed by atoms with Gasteiger partial charge in [-0.25, -0.2) is 0 Å². The summed E-state index contributed by atoms with van der Waals surface area (Å²) in [6.07, 6.45) is 28.2. The van der Waals surface area contributed by atoms with Crippen LogP contribution in [0.4, 0.5) is 0 Å². The zero-order valence-corrected chi connectivity index (χ0v) is 18.0. The summed E-state index contributed by atoms with van der Waals surface area (Å²) in [5, 5.41) is 0. The molecule has 0 saturated carbocycles. The van der Waals surface area contributed by atoms with E-state index >= 15 is 0 Å². The molecule has 0 bridgehead atoms. The highest BCUT2D eigenvalue weighted by atomic mass is 16.5. The maximum Gasteiger partial charge on any atom is 0.0466 e. The first-order chi connectivity index (χ1) is 12.4. The molecule has 152 valence electrons. The van der Waals surface area contributed by atoms with E-state index in [0.717, 1.165) is 13.2 Å². The average Bonchev–Trinajstić information content (AvgIpc) is 2.63. The minimum atomic E-state index is 0.994. The van der Waals surface area contributed by atoms with E-state index in [1.165, 1.54) is 128 Å². The molecule has 0 aromatic heterocycles. The van der Waals surface area contributed by atoms with Gasteiger partial charge in [0.25, 0.3) is 0 Å². The summed E-state index contributed by atoms with van der Waals surface area (Å²) >= 11 is 0. The molecule has 0 unspecified atom stereocenters. The van der Waals surface area contributed by atoms with Gasteiger partial charge >= 0.3 is 0 Å². The van der Waals surface area contributed by atoms with Crippen molar-refractivity contribution >= 4 is 0 Å². The Morgan fingerprint density at radius 3 is 0.840 bits per heavy atom. The first-order valence-corrected chi connectivity index (χ1v) is 12.0. The normalized spacial score (nSPS) is 11.3. The van der Waals surface area contributed by atoms with Gasteiger partial charge in [0.15, 0.2) is 0 Å². The van der Waals surface area contributed by atoms with E-state index in [2.05, 4.69) is 13.8 Å². The molecule has 25 heavy (non-hydrogen) atoms. The highest BCUT2D eigenvalue weighted by Gasteiger charge is 1.95. The predicted molar refractivity (Wildman–Crippen MR) is 115 cm³/mol. The average molecular weight is 355 g/mol. The van der Waals surface area contributed by atoms with E-state index in [1.54, 1.807) is 0 Å². The van der Waals surface area contributed by atoms with Gasteiger partial charge in [0, 0.05) is 13.2 Å². The van der Waals surface area contributed by atoms with E-state index in [-0.39, 0.29) is 0 Å². The minimum absolute atomic E-state index is 0.994. The third kappa shape index (κ3) is 24.0. The lowest BCUT2D eigenvalue weighted by molar-refractivity contribution is 0.125. The summed E-state index contributed by atoms with van der Waals surface area (Å²) < 4.78 is 5.78. The number of hydrogen-bond acceptors (Lipinski definition) is 1. The van der Waals surface area contributed by atoms with Crippen LogP contribution in [-0.4, -0.2) is 13.2 Å². The SMILES string of the molecule is CCCCCCCCCCCCCOCCCCCCCCCCC. The smallest absolute Gasteiger partial charge is 0.0466 e. The molecule has 0 heterocycles. The molecule has 0 aliphatic heterocycles. The second kappa shape index (κ2) is 24.0. The van der Waals surface area contributed by atoms with Crippen molar-refractivity contribution in [3.8, 4) is 0 Å². The van der Waals surface area contributed by atoms with E-state index in [0.29, 0.717) is 0 Å². The van der Waals surface area contributed by atoms with E-state index in [1.807, 2.05) is 0 Å². The second-order valence-electron chi connectivity index (χ2n) is 7.98. The molecule has 0 radical (unpaired) electrons. The van der Waals surface area contributed by atoms with Crippen LogP contribution >= 0.6 is 0 Å². The minimum Gasteiger partial charge on any atom is -0.381 e. The number of hydrogen-bond donors (Lipinski definition) is 0. The number of rotatable bonds is 22. The van der Waals surface area contributed by atoms with Crippen LogP contribution in [-0.2, 0) is 4.74 Å². The Bertz CT molecular complexity index is 192. The van der Waals surface area contributed by atoms with Gasteiger partial charge in [-0.1, -0.05) is 129 Å². The molecule has 1 heteroatoms. The fraction of sp³-hybridized carbons (Fsp3) is 1.00. The summed E-state index contributed by atoms with van der Waals surface area (Å²) in [5.41, 5.74) is 0. The standard InChI is InChI=1S/C24H50O/c1-3-5-7-9-11-13-14-16-18-20-22-24-25-23-21-19-17-15-12-10-8-6-4-2/h3-24H2,1-2H3. The summed E-state index contributed by atoms with van der Waals surface area (Å²) in [7, 11) is 0. The maximum atomic E-state index is 5.78. The summed E-state index contributed by atoms with van der Waals surface area (Å²) in [5.74, 6) is 0. The zero-order valence-electron chi connectivity index (χ0n) is 18.0. The van der Waals surface area contributed by atoms with Crippen molar-refractivity contribution in [2.45, 2.75) is 142 Å². The van der Waals surface area contributed by atoms with Crippen LogP contribution < -0.4 is 0 Å². The molecule has 0 rings (SSSR count). The van der Waals surface area contributed by atoms with Gasteiger partial charge in [0.2, 0.25) is 0 Å². The maximum absolute atomic E-state index is 5.78. The zero-order chi connectivity index (χ0) is 18.3. The number of unbranched alkanes of at least 4 members (excludes halogenated alkanes) is 18. The molecule has 0 spiro atoms. The molecule has 0 fully saturated rings. The van der Waals surface area contributed by atoms with Crippen LogP contribution in [0, 0.1) is 0 Å². The van der Waals surface area contributed by atoms with Crippen LogP contribution in [0.3, 0.4) is 0 Å². The first kappa shape index (κ1) is 25.0. The van der Waals surface area contributed by atoms with Gasteiger partial charge in [0.05, 0.1) is 0 Å². The molecule has 0 aromatic rings. The molecule has 0 amide bonds. The molecule has 0 aromatic carbocycles. The molecule has 0 aliphatic carbocycles. The highest BCUT2D eigenvalue weighted by Crippen LogP contribution is 2.12. The molecule has 0 saturated heterocycles. The molecular formula is C24H50O. The lowest BCUT2D eigenvalue weighted by Crippen LogP contribution is -1.97.